The van der Waals surface area contributed by atoms with Gasteiger partial charge in [-0.15, -0.1) is 0 Å². The molecule has 1 amide bonds. The molecular formula is C14H14NO5-. The van der Waals surface area contributed by atoms with Crippen LogP contribution in [0.4, 0.5) is 5.69 Å². The molecule has 20 heavy (non-hydrogen) atoms. The van der Waals surface area contributed by atoms with Gasteiger partial charge in [-0.2, -0.15) is 0 Å². The van der Waals surface area contributed by atoms with Crippen LogP contribution < -0.4 is 10.4 Å². The predicted octanol–water partition coefficient (Wildman–Crippen LogP) is -0.126. The second-order valence-electron chi connectivity index (χ2n) is 5.20. The van der Waals surface area contributed by atoms with Crippen LogP contribution in [0.2, 0.25) is 0 Å². The quantitative estimate of drug-likeness (QED) is 0.750. The van der Waals surface area contributed by atoms with E-state index in [1.54, 1.807) is 12.1 Å². The predicted molar refractivity (Wildman–Crippen MR) is 66.6 cm³/mol. The molecular weight excluding hydrogens is 262 g/mol. The average molecular weight is 276 g/mol. The molecule has 2 aliphatic rings. The van der Waals surface area contributed by atoms with Crippen molar-refractivity contribution < 1.29 is 24.5 Å². The number of anilines is 1. The van der Waals surface area contributed by atoms with Crippen LogP contribution in [0.25, 0.3) is 0 Å². The fourth-order valence-corrected chi connectivity index (χ4v) is 3.08. The van der Waals surface area contributed by atoms with Gasteiger partial charge in [-0.25, -0.2) is 0 Å². The Bertz CT molecular complexity index is 541. The minimum absolute atomic E-state index is 0.0962. The maximum absolute atomic E-state index is 12.3. The number of benzene rings is 1. The smallest absolute Gasteiger partial charge is 0.230 e. The van der Waals surface area contributed by atoms with Crippen molar-refractivity contribution in [3.05, 3.63) is 24.3 Å². The number of carboxylic acid groups (broad SMARTS) is 1. The number of rotatable bonds is 3. The molecule has 2 fully saturated rings. The number of aliphatic carboxylic acids is 1. The zero-order chi connectivity index (χ0) is 14.3. The van der Waals surface area contributed by atoms with Gasteiger partial charge in [-0.3, -0.25) is 4.79 Å². The Kier molecular flexibility index (Phi) is 3.10. The molecule has 2 aliphatic heterocycles. The highest BCUT2D eigenvalue weighted by Crippen LogP contribution is 2.43. The lowest BCUT2D eigenvalue weighted by Gasteiger charge is -2.27. The lowest BCUT2D eigenvalue weighted by molar-refractivity contribution is -0.313. The summed E-state index contributed by atoms with van der Waals surface area (Å²) in [4.78, 5) is 23.5. The van der Waals surface area contributed by atoms with E-state index in [9.17, 15) is 19.8 Å². The van der Waals surface area contributed by atoms with Gasteiger partial charge >= 0.3 is 0 Å². The van der Waals surface area contributed by atoms with Crippen LogP contribution in [0.5, 0.6) is 5.75 Å². The molecule has 1 aromatic rings. The summed E-state index contributed by atoms with van der Waals surface area (Å²) in [6.45, 7) is 0. The van der Waals surface area contributed by atoms with E-state index < -0.39 is 23.9 Å². The minimum Gasteiger partial charge on any atom is -0.550 e. The normalized spacial score (nSPS) is 31.2. The highest BCUT2D eigenvalue weighted by molar-refractivity contribution is 5.96. The molecule has 4 unspecified atom stereocenters. The summed E-state index contributed by atoms with van der Waals surface area (Å²) >= 11 is 0. The van der Waals surface area contributed by atoms with E-state index in [2.05, 4.69) is 5.32 Å². The van der Waals surface area contributed by atoms with Gasteiger partial charge in [-0.05, 0) is 37.1 Å². The number of fused-ring (bicyclic) bond motifs is 2. The topological polar surface area (TPSA) is 98.7 Å². The number of nitrogens with one attached hydrogen (secondary N) is 1. The second-order valence-corrected chi connectivity index (χ2v) is 5.20. The van der Waals surface area contributed by atoms with Gasteiger partial charge < -0.3 is 25.1 Å². The summed E-state index contributed by atoms with van der Waals surface area (Å²) in [5, 5.41) is 23.0. The van der Waals surface area contributed by atoms with Gasteiger partial charge in [0.25, 0.3) is 0 Å². The number of hydrogen-bond acceptors (Lipinski definition) is 5. The summed E-state index contributed by atoms with van der Waals surface area (Å²) < 4.78 is 5.52. The number of amides is 1. The van der Waals surface area contributed by atoms with Crippen molar-refractivity contribution in [2.45, 2.75) is 25.0 Å². The molecule has 2 bridgehead atoms. The van der Waals surface area contributed by atoms with Crippen LogP contribution in [-0.2, 0) is 14.3 Å². The Morgan fingerprint density at radius 2 is 1.75 bits per heavy atom. The van der Waals surface area contributed by atoms with Crippen molar-refractivity contribution in [3.8, 4) is 5.75 Å². The number of ether oxygens (including phenoxy) is 1. The molecule has 4 atom stereocenters. The van der Waals surface area contributed by atoms with Crippen LogP contribution >= 0.6 is 0 Å². The number of phenols is 1. The van der Waals surface area contributed by atoms with Crippen LogP contribution in [0, 0.1) is 11.8 Å². The molecule has 2 N–H and O–H groups in total. The van der Waals surface area contributed by atoms with E-state index in [-0.39, 0.29) is 17.8 Å². The first kappa shape index (κ1) is 12.9. The Balaban J connectivity index is 1.76. The van der Waals surface area contributed by atoms with E-state index in [4.69, 9.17) is 4.74 Å². The zero-order valence-electron chi connectivity index (χ0n) is 10.6. The van der Waals surface area contributed by atoms with Crippen molar-refractivity contribution >= 4 is 17.6 Å². The molecule has 2 heterocycles. The van der Waals surface area contributed by atoms with Crippen molar-refractivity contribution in [3.63, 3.8) is 0 Å². The molecule has 106 valence electrons. The van der Waals surface area contributed by atoms with Gasteiger partial charge in [0.1, 0.15) is 5.75 Å². The Labute approximate surface area is 115 Å². The van der Waals surface area contributed by atoms with Crippen LogP contribution in [0.3, 0.4) is 0 Å². The van der Waals surface area contributed by atoms with Gasteiger partial charge in [0.15, 0.2) is 0 Å². The average Bonchev–Trinajstić information content (AvgIpc) is 3.01. The Hall–Kier alpha value is -2.08. The number of hydrogen-bond donors (Lipinski definition) is 2. The monoisotopic (exact) mass is 276 g/mol. The molecule has 6 heteroatoms. The van der Waals surface area contributed by atoms with E-state index in [1.807, 2.05) is 0 Å². The Morgan fingerprint density at radius 3 is 2.35 bits per heavy atom. The maximum Gasteiger partial charge on any atom is 0.230 e. The molecule has 0 aliphatic carbocycles. The maximum atomic E-state index is 12.3. The van der Waals surface area contributed by atoms with Gasteiger partial charge in [-0.1, -0.05) is 0 Å². The highest BCUT2D eigenvalue weighted by atomic mass is 16.5. The van der Waals surface area contributed by atoms with E-state index in [0.717, 1.165) is 0 Å². The number of phenolic OH excluding ortho intramolecular Hbond substituents is 1. The number of carbonyl (C=O) groups excluding carboxylic acids is 2. The molecule has 0 aromatic heterocycles. The number of aromatic hydroxyl groups is 1. The summed E-state index contributed by atoms with van der Waals surface area (Å²) in [7, 11) is 0. The molecule has 0 saturated carbocycles. The summed E-state index contributed by atoms with van der Waals surface area (Å²) in [6.07, 6.45) is 0.592. The zero-order valence-corrected chi connectivity index (χ0v) is 10.6. The van der Waals surface area contributed by atoms with Gasteiger partial charge in [0.2, 0.25) is 5.91 Å². The Morgan fingerprint density at radius 1 is 1.15 bits per heavy atom. The second kappa shape index (κ2) is 4.79. The van der Waals surface area contributed by atoms with Gasteiger partial charge in [0.05, 0.1) is 18.1 Å². The van der Waals surface area contributed by atoms with E-state index in [0.29, 0.717) is 18.5 Å². The van der Waals surface area contributed by atoms with Crippen LogP contribution in [-0.4, -0.2) is 29.2 Å². The fraction of sp³-hybridized carbons (Fsp3) is 0.429. The van der Waals surface area contributed by atoms with Gasteiger partial charge in [0, 0.05) is 17.6 Å². The van der Waals surface area contributed by atoms with Crippen molar-refractivity contribution in [1.29, 1.82) is 0 Å². The molecule has 0 radical (unpaired) electrons. The van der Waals surface area contributed by atoms with Crippen molar-refractivity contribution in [2.24, 2.45) is 11.8 Å². The summed E-state index contributed by atoms with van der Waals surface area (Å²) in [6, 6.07) is 6.00. The third kappa shape index (κ3) is 2.12. The molecule has 2 saturated heterocycles. The molecule has 0 spiro atoms. The fourth-order valence-electron chi connectivity index (χ4n) is 3.08. The summed E-state index contributed by atoms with van der Waals surface area (Å²) in [5.41, 5.74) is 0.507. The van der Waals surface area contributed by atoms with Crippen LogP contribution in [0.15, 0.2) is 24.3 Å². The third-order valence-electron chi connectivity index (χ3n) is 3.98. The highest BCUT2D eigenvalue weighted by Gasteiger charge is 2.52. The molecule has 1 aromatic carbocycles. The van der Waals surface area contributed by atoms with Crippen molar-refractivity contribution in [1.82, 2.24) is 0 Å². The summed E-state index contributed by atoms with van der Waals surface area (Å²) in [5.74, 6) is -3.11. The first-order valence-corrected chi connectivity index (χ1v) is 6.52. The SMILES string of the molecule is O=C([O-])C1C2CCC(O2)C1C(=O)Nc1ccc(O)cc1. The largest absolute Gasteiger partial charge is 0.550 e. The number of carbonyl (C=O) groups is 2. The lowest BCUT2D eigenvalue weighted by Crippen LogP contribution is -2.46. The van der Waals surface area contributed by atoms with Crippen molar-refractivity contribution in [2.75, 3.05) is 5.32 Å². The van der Waals surface area contributed by atoms with E-state index >= 15 is 0 Å². The minimum atomic E-state index is -1.23. The molecule has 3 rings (SSSR count). The van der Waals surface area contributed by atoms with E-state index in [1.165, 1.54) is 12.1 Å². The third-order valence-corrected chi connectivity index (χ3v) is 3.98. The standard InChI is InChI=1S/C14H15NO5/c16-8-3-1-7(2-4-8)15-13(17)11-9-5-6-10(20-9)12(11)14(18)19/h1-4,9-12,16H,5-6H2,(H,15,17)(H,18,19)/p-1. The first-order chi connectivity index (χ1) is 9.56. The first-order valence-electron chi connectivity index (χ1n) is 6.52. The lowest BCUT2D eigenvalue weighted by atomic mass is 9.78. The van der Waals surface area contributed by atoms with Crippen LogP contribution in [0.1, 0.15) is 12.8 Å². The molecule has 6 nitrogen and oxygen atoms in total. The number of carboxylic acids is 1.